The molecule has 0 spiro atoms. The number of ether oxygens (including phenoxy) is 2. The second-order valence-corrected chi connectivity index (χ2v) is 12.2. The number of halogens is 1. The van der Waals surface area contributed by atoms with E-state index in [1.165, 1.54) is 9.12 Å². The number of nitrogens with zero attached hydrogens (tertiary/aromatic N) is 3. The molecule has 0 amide bonds. The summed E-state index contributed by atoms with van der Waals surface area (Å²) >= 11 is 2.16. The fraction of sp³-hybridized carbons (Fsp3) is 0.381. The van der Waals surface area contributed by atoms with Crippen LogP contribution in [-0.4, -0.2) is 45.1 Å². The van der Waals surface area contributed by atoms with Gasteiger partial charge >= 0.3 is 0 Å². The number of benzene rings is 1. The van der Waals surface area contributed by atoms with Gasteiger partial charge in [-0.15, -0.1) is 0 Å². The Hall–Kier alpha value is -1.50. The van der Waals surface area contributed by atoms with Crippen molar-refractivity contribution < 1.29 is 13.7 Å². The molecule has 31 heavy (non-hydrogen) atoms. The maximum atomic E-state index is 12.8. The van der Waals surface area contributed by atoms with E-state index in [-0.39, 0.29) is 5.56 Å². The Bertz CT molecular complexity index is 1290. The number of aromatic nitrogens is 2. The highest BCUT2D eigenvalue weighted by molar-refractivity contribution is 14.2. The minimum atomic E-state index is -2.32. The second kappa shape index (κ2) is 9.16. The van der Waals surface area contributed by atoms with Crippen LogP contribution in [0.5, 0.6) is 5.75 Å². The summed E-state index contributed by atoms with van der Waals surface area (Å²) in [6.45, 7) is 2.03. The maximum absolute atomic E-state index is 12.8. The smallest absolute Gasteiger partial charge is 0.275 e. The van der Waals surface area contributed by atoms with Crippen molar-refractivity contribution in [3.63, 3.8) is 0 Å². The standard InChI is InChI=1S/C21H24IN3O4S2/c1-24-11-18(16-6-8-25(30-22)20(16)21(24)26)17-10-15(23-31(2,3)27)4-5-19(17)29-13-14-7-9-28-12-14/h4-6,8,10-11,14H,7,9,12-13H2,1-3H3. The highest BCUT2D eigenvalue weighted by Crippen LogP contribution is 2.38. The molecule has 3 heterocycles. The Kier molecular flexibility index (Phi) is 6.71. The quantitative estimate of drug-likeness (QED) is 0.403. The van der Waals surface area contributed by atoms with Gasteiger partial charge in [0.15, 0.2) is 0 Å². The average Bonchev–Trinajstić information content (AvgIpc) is 3.38. The molecule has 0 radical (unpaired) electrons. The van der Waals surface area contributed by atoms with Gasteiger partial charge in [0, 0.05) is 101 Å². The molecule has 1 aromatic carbocycles. The Labute approximate surface area is 198 Å². The summed E-state index contributed by atoms with van der Waals surface area (Å²) < 4.78 is 31.8. The molecule has 1 saturated heterocycles. The Morgan fingerprint density at radius 3 is 2.81 bits per heavy atom. The lowest BCUT2D eigenvalue weighted by atomic mass is 10.0. The molecular formula is C21H24IN3O4S2. The zero-order valence-electron chi connectivity index (χ0n) is 17.5. The van der Waals surface area contributed by atoms with Crippen molar-refractivity contribution in [2.24, 2.45) is 17.3 Å². The van der Waals surface area contributed by atoms with Gasteiger partial charge in [-0.3, -0.25) is 8.77 Å². The molecule has 0 saturated carbocycles. The van der Waals surface area contributed by atoms with Crippen molar-refractivity contribution in [3.05, 3.63) is 47.0 Å². The molecule has 7 nitrogen and oxygen atoms in total. The first kappa shape index (κ1) is 22.7. The first-order valence-electron chi connectivity index (χ1n) is 9.78. The van der Waals surface area contributed by atoms with Gasteiger partial charge in [0.1, 0.15) is 11.3 Å². The van der Waals surface area contributed by atoms with Crippen LogP contribution in [0.2, 0.25) is 0 Å². The topological polar surface area (TPSA) is 74.8 Å². The Balaban J connectivity index is 1.89. The molecule has 4 rings (SSSR count). The summed E-state index contributed by atoms with van der Waals surface area (Å²) in [4.78, 5) is 12.8. The highest BCUT2D eigenvalue weighted by atomic mass is 127. The molecule has 1 aliphatic rings. The van der Waals surface area contributed by atoms with E-state index in [1.54, 1.807) is 24.1 Å². The molecule has 0 aliphatic carbocycles. The molecule has 1 fully saturated rings. The molecule has 166 valence electrons. The van der Waals surface area contributed by atoms with Crippen LogP contribution < -0.4 is 10.3 Å². The van der Waals surface area contributed by atoms with E-state index < -0.39 is 9.73 Å². The minimum absolute atomic E-state index is 0.0653. The van der Waals surface area contributed by atoms with Gasteiger partial charge in [-0.25, -0.2) is 4.21 Å². The van der Waals surface area contributed by atoms with E-state index in [1.807, 2.05) is 40.6 Å². The molecule has 1 aliphatic heterocycles. The van der Waals surface area contributed by atoms with Crippen LogP contribution in [0.3, 0.4) is 0 Å². The lowest BCUT2D eigenvalue weighted by Gasteiger charge is -2.16. The molecule has 1 atom stereocenters. The van der Waals surface area contributed by atoms with Gasteiger partial charge < -0.3 is 14.0 Å². The molecule has 0 bridgehead atoms. The summed E-state index contributed by atoms with van der Waals surface area (Å²) in [6, 6.07) is 7.53. The second-order valence-electron chi connectivity index (χ2n) is 7.93. The summed E-state index contributed by atoms with van der Waals surface area (Å²) in [5.41, 5.74) is 2.86. The van der Waals surface area contributed by atoms with E-state index in [0.717, 1.165) is 29.5 Å². The molecular weight excluding hydrogens is 549 g/mol. The van der Waals surface area contributed by atoms with Crippen LogP contribution in [0.1, 0.15) is 6.42 Å². The van der Waals surface area contributed by atoms with Crippen LogP contribution in [0, 0.1) is 5.92 Å². The van der Waals surface area contributed by atoms with E-state index in [0.29, 0.717) is 36.1 Å². The number of hydrogen-bond donors (Lipinski definition) is 0. The van der Waals surface area contributed by atoms with Crippen molar-refractivity contribution in [2.45, 2.75) is 6.42 Å². The molecule has 0 N–H and O–H groups in total. The normalized spacial score (nSPS) is 16.7. The number of fused-ring (bicyclic) bond motifs is 1. The van der Waals surface area contributed by atoms with E-state index in [4.69, 9.17) is 9.47 Å². The minimum Gasteiger partial charge on any atom is -0.493 e. The molecule has 1 unspecified atom stereocenters. The average molecular weight is 573 g/mol. The van der Waals surface area contributed by atoms with Crippen molar-refractivity contribution in [1.82, 2.24) is 8.54 Å². The monoisotopic (exact) mass is 573 g/mol. The van der Waals surface area contributed by atoms with E-state index >= 15 is 0 Å². The first-order chi connectivity index (χ1) is 14.8. The lowest BCUT2D eigenvalue weighted by Crippen LogP contribution is -2.18. The van der Waals surface area contributed by atoms with Gasteiger partial charge in [-0.1, -0.05) is 0 Å². The third-order valence-electron chi connectivity index (χ3n) is 5.14. The number of rotatable bonds is 6. The largest absolute Gasteiger partial charge is 0.493 e. The first-order valence-corrected chi connectivity index (χ1v) is 15.4. The summed E-state index contributed by atoms with van der Waals surface area (Å²) in [7, 11) is 0.874. The van der Waals surface area contributed by atoms with Crippen LogP contribution in [0.15, 0.2) is 45.8 Å². The van der Waals surface area contributed by atoms with Crippen LogP contribution in [0.4, 0.5) is 5.69 Å². The van der Waals surface area contributed by atoms with Gasteiger partial charge in [-0.05, 0) is 30.7 Å². The fourth-order valence-corrected chi connectivity index (χ4v) is 5.65. The number of pyridine rings is 1. The Morgan fingerprint density at radius 2 is 2.13 bits per heavy atom. The van der Waals surface area contributed by atoms with Crippen LogP contribution in [0.25, 0.3) is 22.0 Å². The predicted octanol–water partition coefficient (Wildman–Crippen LogP) is 4.63. The zero-order chi connectivity index (χ0) is 22.2. The third-order valence-corrected chi connectivity index (χ3v) is 7.52. The van der Waals surface area contributed by atoms with Crippen molar-refractivity contribution >= 4 is 56.6 Å². The van der Waals surface area contributed by atoms with Crippen LogP contribution >= 0.6 is 30.3 Å². The van der Waals surface area contributed by atoms with Crippen molar-refractivity contribution in [3.8, 4) is 16.9 Å². The van der Waals surface area contributed by atoms with Crippen molar-refractivity contribution in [1.29, 1.82) is 0 Å². The van der Waals surface area contributed by atoms with E-state index in [9.17, 15) is 9.00 Å². The zero-order valence-corrected chi connectivity index (χ0v) is 21.3. The van der Waals surface area contributed by atoms with Gasteiger partial charge in [0.25, 0.3) is 5.56 Å². The maximum Gasteiger partial charge on any atom is 0.275 e. The lowest BCUT2D eigenvalue weighted by molar-refractivity contribution is 0.167. The van der Waals surface area contributed by atoms with E-state index in [2.05, 4.69) is 25.6 Å². The predicted molar refractivity (Wildman–Crippen MR) is 136 cm³/mol. The molecule has 2 aromatic heterocycles. The summed E-state index contributed by atoms with van der Waals surface area (Å²) in [5, 5.41) is 0.840. The van der Waals surface area contributed by atoms with Gasteiger partial charge in [-0.2, -0.15) is 4.36 Å². The number of hydrogen-bond acceptors (Lipinski definition) is 6. The van der Waals surface area contributed by atoms with Crippen LogP contribution in [-0.2, 0) is 21.5 Å². The fourth-order valence-electron chi connectivity index (χ4n) is 3.69. The SMILES string of the molecule is Cn1cc(-c2cc(N=S(C)(C)=O)ccc2OCC2CCOC2)c2ccn(SI)c2c1=O. The van der Waals surface area contributed by atoms with Gasteiger partial charge in [0.05, 0.1) is 18.9 Å². The molecule has 10 heteroatoms. The number of aryl methyl sites for hydroxylation is 1. The molecule has 3 aromatic rings. The third kappa shape index (κ3) is 4.96. The van der Waals surface area contributed by atoms with Crippen molar-refractivity contribution in [2.75, 3.05) is 32.3 Å². The Morgan fingerprint density at radius 1 is 1.32 bits per heavy atom. The van der Waals surface area contributed by atoms with Gasteiger partial charge in [0.2, 0.25) is 0 Å². The summed E-state index contributed by atoms with van der Waals surface area (Å²) in [5.74, 6) is 1.07. The highest BCUT2D eigenvalue weighted by Gasteiger charge is 2.20. The summed E-state index contributed by atoms with van der Waals surface area (Å²) in [6.07, 6.45) is 7.92.